The Morgan fingerprint density at radius 2 is 1.79 bits per heavy atom. The van der Waals surface area contributed by atoms with Crippen molar-refractivity contribution in [2.24, 2.45) is 0 Å². The molecule has 0 aromatic heterocycles. The largest absolute Gasteiger partial charge is 0.496 e. The van der Waals surface area contributed by atoms with Gasteiger partial charge in [0, 0.05) is 10.0 Å². The van der Waals surface area contributed by atoms with Crippen LogP contribution in [0.15, 0.2) is 59.1 Å². The lowest BCUT2D eigenvalue weighted by atomic mass is 10.1. The summed E-state index contributed by atoms with van der Waals surface area (Å²) in [6, 6.07) is 14.7. The Morgan fingerprint density at radius 3 is 2.42 bits per heavy atom. The number of para-hydroxylation sites is 1. The van der Waals surface area contributed by atoms with Gasteiger partial charge in [-0.1, -0.05) is 40.2 Å². The molecule has 0 saturated carbocycles. The molecule has 24 heavy (non-hydrogen) atoms. The first kappa shape index (κ1) is 17.0. The Balaban J connectivity index is 2.06. The topological polar surface area (TPSA) is 58.6 Å². The molecule has 2 aromatic carbocycles. The highest BCUT2D eigenvalue weighted by molar-refractivity contribution is 9.10. The molecule has 3 rings (SSSR count). The molecular weight excluding hydrogens is 392 g/mol. The Bertz CT molecular complexity index is 879. The van der Waals surface area contributed by atoms with E-state index in [2.05, 4.69) is 21.4 Å². The summed E-state index contributed by atoms with van der Waals surface area (Å²) in [5.41, 5.74) is 5.39. The van der Waals surface area contributed by atoms with Crippen LogP contribution in [0.3, 0.4) is 0 Å². The summed E-state index contributed by atoms with van der Waals surface area (Å²) < 4.78 is 32.0. The van der Waals surface area contributed by atoms with Gasteiger partial charge in [0.15, 0.2) is 0 Å². The SMILES string of the molecule is COc1ccccc1C1=C[C@@H](c2ccc(Br)cc2)N(S(C)(=O)=O)N1. The lowest BCUT2D eigenvalue weighted by Gasteiger charge is -2.23. The van der Waals surface area contributed by atoms with E-state index in [9.17, 15) is 8.42 Å². The van der Waals surface area contributed by atoms with Crippen LogP contribution in [0, 0.1) is 0 Å². The third kappa shape index (κ3) is 3.33. The Labute approximate surface area is 150 Å². The number of hydrazine groups is 1. The molecule has 0 unspecified atom stereocenters. The first-order valence-corrected chi connectivity index (χ1v) is 9.91. The fraction of sp³-hybridized carbons (Fsp3) is 0.176. The highest BCUT2D eigenvalue weighted by Gasteiger charge is 2.33. The number of benzene rings is 2. The van der Waals surface area contributed by atoms with Gasteiger partial charge in [-0.15, -0.1) is 4.41 Å². The molecule has 5 nitrogen and oxygen atoms in total. The van der Waals surface area contributed by atoms with Gasteiger partial charge in [0.05, 0.1) is 25.1 Å². The lowest BCUT2D eigenvalue weighted by Crippen LogP contribution is -2.38. The molecule has 2 aromatic rings. The van der Waals surface area contributed by atoms with Crippen molar-refractivity contribution in [1.29, 1.82) is 0 Å². The molecule has 1 aliphatic rings. The molecule has 0 radical (unpaired) electrons. The number of ether oxygens (including phenoxy) is 1. The summed E-state index contributed by atoms with van der Waals surface area (Å²) >= 11 is 3.40. The molecule has 0 fully saturated rings. The minimum absolute atomic E-state index is 0.423. The quantitative estimate of drug-likeness (QED) is 0.842. The summed E-state index contributed by atoms with van der Waals surface area (Å²) in [4.78, 5) is 0. The van der Waals surface area contributed by atoms with E-state index in [0.29, 0.717) is 11.4 Å². The van der Waals surface area contributed by atoms with Crippen molar-refractivity contribution in [2.45, 2.75) is 6.04 Å². The number of methoxy groups -OCH3 is 1. The van der Waals surface area contributed by atoms with Crippen LogP contribution < -0.4 is 10.2 Å². The van der Waals surface area contributed by atoms with Gasteiger partial charge >= 0.3 is 0 Å². The molecule has 0 aliphatic carbocycles. The summed E-state index contributed by atoms with van der Waals surface area (Å²) in [5.74, 6) is 0.682. The van der Waals surface area contributed by atoms with Crippen LogP contribution in [-0.4, -0.2) is 26.2 Å². The van der Waals surface area contributed by atoms with E-state index < -0.39 is 16.1 Å². The van der Waals surface area contributed by atoms with Crippen molar-refractivity contribution in [3.8, 4) is 5.75 Å². The molecule has 0 saturated heterocycles. The van der Waals surface area contributed by atoms with Gasteiger partial charge in [-0.3, -0.25) is 0 Å². The third-order valence-corrected chi connectivity index (χ3v) is 5.34. The molecular formula is C17H17BrN2O3S. The van der Waals surface area contributed by atoms with Crippen molar-refractivity contribution in [3.05, 3.63) is 70.2 Å². The van der Waals surface area contributed by atoms with E-state index in [0.717, 1.165) is 15.6 Å². The molecule has 126 valence electrons. The second-order valence-corrected chi connectivity index (χ2v) is 8.22. The highest BCUT2D eigenvalue weighted by Crippen LogP contribution is 2.36. The number of sulfonamides is 1. The maximum Gasteiger partial charge on any atom is 0.228 e. The maximum absolute atomic E-state index is 12.2. The van der Waals surface area contributed by atoms with Gasteiger partial charge < -0.3 is 10.2 Å². The standard InChI is InChI=1S/C17H17BrN2O3S/c1-23-17-6-4-3-5-14(17)15-11-16(20(19-15)24(2,21)22)12-7-9-13(18)10-8-12/h3-11,16,19H,1-2H3/t16-/m0/s1. The molecule has 0 amide bonds. The van der Waals surface area contributed by atoms with E-state index in [4.69, 9.17) is 4.74 Å². The molecule has 7 heteroatoms. The summed E-state index contributed by atoms with van der Waals surface area (Å²) in [5, 5.41) is 0. The minimum Gasteiger partial charge on any atom is -0.496 e. The number of hydrogen-bond donors (Lipinski definition) is 1. The van der Waals surface area contributed by atoms with Gasteiger partial charge in [-0.2, -0.15) is 0 Å². The van der Waals surface area contributed by atoms with E-state index in [1.165, 1.54) is 10.7 Å². The zero-order valence-corrected chi connectivity index (χ0v) is 15.6. The number of nitrogens with zero attached hydrogens (tertiary/aromatic N) is 1. The van der Waals surface area contributed by atoms with Crippen molar-refractivity contribution in [1.82, 2.24) is 9.84 Å². The first-order valence-electron chi connectivity index (χ1n) is 7.27. The molecule has 1 heterocycles. The smallest absolute Gasteiger partial charge is 0.228 e. The Kier molecular flexibility index (Phi) is 4.67. The van der Waals surface area contributed by atoms with Crippen LogP contribution >= 0.6 is 15.9 Å². The molecule has 1 atom stereocenters. The van der Waals surface area contributed by atoms with Crippen LogP contribution in [0.2, 0.25) is 0 Å². The number of nitrogens with one attached hydrogen (secondary N) is 1. The molecule has 0 bridgehead atoms. The van der Waals surface area contributed by atoms with Crippen LogP contribution in [0.4, 0.5) is 0 Å². The molecule has 1 aliphatic heterocycles. The fourth-order valence-electron chi connectivity index (χ4n) is 2.65. The Morgan fingerprint density at radius 1 is 1.12 bits per heavy atom. The predicted molar refractivity (Wildman–Crippen MR) is 97.7 cm³/mol. The van der Waals surface area contributed by atoms with Crippen LogP contribution in [0.1, 0.15) is 17.2 Å². The van der Waals surface area contributed by atoms with E-state index in [-0.39, 0.29) is 0 Å². The number of hydrogen-bond acceptors (Lipinski definition) is 4. The average Bonchev–Trinajstić information content (AvgIpc) is 3.01. The zero-order valence-electron chi connectivity index (χ0n) is 13.2. The summed E-state index contributed by atoms with van der Waals surface area (Å²) in [7, 11) is -1.86. The van der Waals surface area contributed by atoms with E-state index in [1.54, 1.807) is 7.11 Å². The van der Waals surface area contributed by atoms with Gasteiger partial charge in [0.1, 0.15) is 5.75 Å². The second-order valence-electron chi connectivity index (χ2n) is 5.45. The number of halogens is 1. The van der Waals surface area contributed by atoms with Gasteiger partial charge in [0.2, 0.25) is 10.0 Å². The van der Waals surface area contributed by atoms with Gasteiger partial charge in [-0.25, -0.2) is 8.42 Å². The first-order chi connectivity index (χ1) is 11.4. The molecule has 1 N–H and O–H groups in total. The monoisotopic (exact) mass is 408 g/mol. The maximum atomic E-state index is 12.2. The van der Waals surface area contributed by atoms with E-state index >= 15 is 0 Å². The van der Waals surface area contributed by atoms with Crippen LogP contribution in [0.5, 0.6) is 5.75 Å². The predicted octanol–water partition coefficient (Wildman–Crippen LogP) is 3.32. The average molecular weight is 409 g/mol. The van der Waals surface area contributed by atoms with Crippen molar-refractivity contribution < 1.29 is 13.2 Å². The Hall–Kier alpha value is -1.83. The van der Waals surface area contributed by atoms with Crippen molar-refractivity contribution in [3.63, 3.8) is 0 Å². The van der Waals surface area contributed by atoms with Gasteiger partial charge in [-0.05, 0) is 35.9 Å². The normalized spacial score (nSPS) is 18.1. The highest BCUT2D eigenvalue weighted by atomic mass is 79.9. The van der Waals surface area contributed by atoms with Crippen LogP contribution in [0.25, 0.3) is 5.70 Å². The minimum atomic E-state index is -3.45. The second kappa shape index (κ2) is 6.58. The fourth-order valence-corrected chi connectivity index (χ4v) is 3.77. The number of rotatable bonds is 4. The van der Waals surface area contributed by atoms with Crippen LogP contribution in [-0.2, 0) is 10.0 Å². The van der Waals surface area contributed by atoms with Crippen molar-refractivity contribution in [2.75, 3.05) is 13.4 Å². The van der Waals surface area contributed by atoms with Crippen molar-refractivity contribution >= 4 is 31.7 Å². The van der Waals surface area contributed by atoms with E-state index in [1.807, 2.05) is 54.6 Å². The summed E-state index contributed by atoms with van der Waals surface area (Å²) in [6.45, 7) is 0. The van der Waals surface area contributed by atoms with Gasteiger partial charge in [0.25, 0.3) is 0 Å². The zero-order chi connectivity index (χ0) is 17.3. The summed E-state index contributed by atoms with van der Waals surface area (Å²) in [6.07, 6.45) is 3.08. The molecule has 0 spiro atoms. The lowest BCUT2D eigenvalue weighted by molar-refractivity contribution is 0.350. The third-order valence-electron chi connectivity index (χ3n) is 3.77.